The van der Waals surface area contributed by atoms with E-state index >= 15 is 0 Å². The monoisotopic (exact) mass is 347 g/mol. The lowest BCUT2D eigenvalue weighted by molar-refractivity contribution is 0.0950. The number of aromatic nitrogens is 1. The molecule has 128 valence electrons. The molecule has 2 aromatic rings. The smallest absolute Gasteiger partial charge is 0.251 e. The first kappa shape index (κ1) is 18.2. The predicted molar refractivity (Wildman–Crippen MR) is 95.3 cm³/mol. The Morgan fingerprint density at radius 3 is 2.50 bits per heavy atom. The number of carbonyl (C=O) groups excluding carboxylic acids is 1. The van der Waals surface area contributed by atoms with E-state index < -0.39 is 0 Å². The Hall–Kier alpha value is -2.11. The number of nitrogens with one attached hydrogen (secondary N) is 1. The highest BCUT2D eigenvalue weighted by atomic mass is 35.5. The van der Waals surface area contributed by atoms with Gasteiger partial charge in [-0.25, -0.2) is 0 Å². The molecule has 1 aromatic heterocycles. The average molecular weight is 348 g/mol. The molecular weight excluding hydrogens is 326 g/mol. The summed E-state index contributed by atoms with van der Waals surface area (Å²) < 4.78 is 5.69. The molecule has 1 aliphatic carbocycles. The van der Waals surface area contributed by atoms with Gasteiger partial charge in [0.25, 0.3) is 5.91 Å². The molecule has 0 spiro atoms. The minimum atomic E-state index is -0.0956. The lowest BCUT2D eigenvalue weighted by Crippen LogP contribution is -2.38. The lowest BCUT2D eigenvalue weighted by atomic mass is 10.1. The van der Waals surface area contributed by atoms with E-state index in [0.29, 0.717) is 24.6 Å². The fraction of sp³-hybridized carbons (Fsp3) is 0.333. The lowest BCUT2D eigenvalue weighted by Gasteiger charge is -2.12. The molecule has 6 heteroatoms. The first-order valence-electron chi connectivity index (χ1n) is 7.88. The number of carbonyl (C=O) groups is 1. The van der Waals surface area contributed by atoms with Crippen LogP contribution in [0.1, 0.15) is 28.8 Å². The number of pyridine rings is 1. The summed E-state index contributed by atoms with van der Waals surface area (Å²) in [5.74, 6) is 1.22. The van der Waals surface area contributed by atoms with Gasteiger partial charge in [0.1, 0.15) is 12.4 Å². The van der Waals surface area contributed by atoms with Crippen LogP contribution in [0, 0.1) is 5.92 Å². The topological polar surface area (TPSA) is 77.2 Å². The minimum Gasteiger partial charge on any atom is -0.489 e. The van der Waals surface area contributed by atoms with E-state index in [0.717, 1.165) is 11.3 Å². The van der Waals surface area contributed by atoms with Crippen molar-refractivity contribution in [3.63, 3.8) is 0 Å². The molecule has 0 aliphatic heterocycles. The molecule has 5 nitrogen and oxygen atoms in total. The Kier molecular flexibility index (Phi) is 6.58. The van der Waals surface area contributed by atoms with Crippen LogP contribution in [-0.2, 0) is 6.61 Å². The van der Waals surface area contributed by atoms with Crippen LogP contribution in [0.3, 0.4) is 0 Å². The molecule has 24 heavy (non-hydrogen) atoms. The maximum absolute atomic E-state index is 12.1. The van der Waals surface area contributed by atoms with Crippen molar-refractivity contribution in [1.29, 1.82) is 0 Å². The Labute approximate surface area is 148 Å². The van der Waals surface area contributed by atoms with Crippen LogP contribution >= 0.6 is 12.4 Å². The summed E-state index contributed by atoms with van der Waals surface area (Å²) in [5, 5.41) is 2.89. The third-order valence-electron chi connectivity index (χ3n) is 4.00. The number of ether oxygens (including phenoxy) is 1. The Morgan fingerprint density at radius 2 is 1.88 bits per heavy atom. The number of hydrogen-bond donors (Lipinski definition) is 2. The highest BCUT2D eigenvalue weighted by molar-refractivity contribution is 5.94. The van der Waals surface area contributed by atoms with E-state index in [1.807, 2.05) is 12.1 Å². The quantitative estimate of drug-likeness (QED) is 0.807. The fourth-order valence-corrected chi connectivity index (χ4v) is 2.35. The van der Waals surface area contributed by atoms with Gasteiger partial charge in [0.2, 0.25) is 0 Å². The van der Waals surface area contributed by atoms with Crippen LogP contribution in [-0.4, -0.2) is 23.5 Å². The van der Waals surface area contributed by atoms with Gasteiger partial charge < -0.3 is 15.8 Å². The zero-order chi connectivity index (χ0) is 16.1. The van der Waals surface area contributed by atoms with E-state index in [1.165, 1.54) is 12.8 Å². The minimum absolute atomic E-state index is 0. The fourth-order valence-electron chi connectivity index (χ4n) is 2.35. The second-order valence-electron chi connectivity index (χ2n) is 5.88. The molecule has 1 atom stereocenters. The third-order valence-corrected chi connectivity index (χ3v) is 4.00. The summed E-state index contributed by atoms with van der Waals surface area (Å²) in [6, 6.07) is 11.0. The number of halogens is 1. The molecule has 0 bridgehead atoms. The van der Waals surface area contributed by atoms with Crippen molar-refractivity contribution in [3.05, 3.63) is 59.9 Å². The van der Waals surface area contributed by atoms with Crippen molar-refractivity contribution >= 4 is 18.3 Å². The van der Waals surface area contributed by atoms with Gasteiger partial charge in [-0.15, -0.1) is 12.4 Å². The van der Waals surface area contributed by atoms with Gasteiger partial charge in [-0.05, 0) is 60.7 Å². The summed E-state index contributed by atoms with van der Waals surface area (Å²) in [6.07, 6.45) is 5.83. The zero-order valence-corrected chi connectivity index (χ0v) is 14.2. The summed E-state index contributed by atoms with van der Waals surface area (Å²) >= 11 is 0. The molecule has 1 saturated carbocycles. The van der Waals surface area contributed by atoms with Gasteiger partial charge in [-0.3, -0.25) is 9.78 Å². The first-order chi connectivity index (χ1) is 11.2. The molecular formula is C18H22ClN3O2. The van der Waals surface area contributed by atoms with Crippen molar-refractivity contribution < 1.29 is 9.53 Å². The number of rotatable bonds is 7. The van der Waals surface area contributed by atoms with Crippen molar-refractivity contribution in [2.45, 2.75) is 25.5 Å². The average Bonchev–Trinajstić information content (AvgIpc) is 3.44. The van der Waals surface area contributed by atoms with Gasteiger partial charge in [-0.1, -0.05) is 0 Å². The van der Waals surface area contributed by atoms with Gasteiger partial charge in [0.05, 0.1) is 0 Å². The highest BCUT2D eigenvalue weighted by Gasteiger charge is 2.28. The maximum atomic E-state index is 12.1. The van der Waals surface area contributed by atoms with Gasteiger partial charge in [0, 0.05) is 30.5 Å². The van der Waals surface area contributed by atoms with E-state index in [4.69, 9.17) is 10.5 Å². The van der Waals surface area contributed by atoms with Crippen LogP contribution in [0.2, 0.25) is 0 Å². The molecule has 0 radical (unpaired) electrons. The largest absolute Gasteiger partial charge is 0.489 e. The summed E-state index contributed by atoms with van der Waals surface area (Å²) in [6.45, 7) is 1.01. The van der Waals surface area contributed by atoms with Crippen molar-refractivity contribution in [2.75, 3.05) is 6.54 Å². The number of amides is 1. The van der Waals surface area contributed by atoms with E-state index in [1.54, 1.807) is 36.7 Å². The molecule has 1 amide bonds. The number of nitrogens with zero attached hydrogens (tertiary/aromatic N) is 1. The van der Waals surface area contributed by atoms with Gasteiger partial charge in [-0.2, -0.15) is 0 Å². The predicted octanol–water partition coefficient (Wildman–Crippen LogP) is 2.55. The Bertz CT molecular complexity index is 645. The molecule has 1 aliphatic rings. The zero-order valence-electron chi connectivity index (χ0n) is 13.4. The van der Waals surface area contributed by atoms with Crippen molar-refractivity contribution in [2.24, 2.45) is 11.7 Å². The molecule has 1 fully saturated rings. The third kappa shape index (κ3) is 5.22. The summed E-state index contributed by atoms with van der Waals surface area (Å²) in [5.41, 5.74) is 7.65. The maximum Gasteiger partial charge on any atom is 0.251 e. The number of hydrogen-bond acceptors (Lipinski definition) is 4. The van der Waals surface area contributed by atoms with Crippen LogP contribution in [0.15, 0.2) is 48.8 Å². The Morgan fingerprint density at radius 1 is 1.21 bits per heavy atom. The van der Waals surface area contributed by atoms with Gasteiger partial charge in [0.15, 0.2) is 0 Å². The second-order valence-corrected chi connectivity index (χ2v) is 5.88. The van der Waals surface area contributed by atoms with Crippen LogP contribution < -0.4 is 15.8 Å². The van der Waals surface area contributed by atoms with Crippen LogP contribution in [0.5, 0.6) is 5.75 Å². The van der Waals surface area contributed by atoms with Gasteiger partial charge >= 0.3 is 0 Å². The molecule has 1 unspecified atom stereocenters. The van der Waals surface area contributed by atoms with E-state index in [-0.39, 0.29) is 24.4 Å². The number of benzene rings is 1. The molecule has 0 saturated heterocycles. The van der Waals surface area contributed by atoms with E-state index in [9.17, 15) is 4.79 Å². The molecule has 1 aromatic carbocycles. The summed E-state index contributed by atoms with van der Waals surface area (Å²) in [7, 11) is 0. The number of nitrogens with two attached hydrogens (primary N) is 1. The van der Waals surface area contributed by atoms with Crippen LogP contribution in [0.25, 0.3) is 0 Å². The van der Waals surface area contributed by atoms with Crippen molar-refractivity contribution in [3.8, 4) is 5.75 Å². The standard InChI is InChI=1S/C18H21N3O2.ClH/c19-17(14-1-2-14)11-21-18(22)15-3-5-16(6-4-15)23-12-13-7-9-20-10-8-13;/h3-10,14,17H,1-2,11-12,19H2,(H,21,22);1H. The van der Waals surface area contributed by atoms with Crippen molar-refractivity contribution in [1.82, 2.24) is 10.3 Å². The molecule has 1 heterocycles. The molecule has 3 N–H and O–H groups in total. The van der Waals surface area contributed by atoms with Crippen LogP contribution in [0.4, 0.5) is 0 Å². The second kappa shape index (κ2) is 8.66. The Balaban J connectivity index is 0.00000208. The van der Waals surface area contributed by atoms with E-state index in [2.05, 4.69) is 10.3 Å². The highest BCUT2D eigenvalue weighted by Crippen LogP contribution is 2.31. The normalized spacial score (nSPS) is 14.4. The molecule has 3 rings (SSSR count). The SMILES string of the molecule is Cl.NC(CNC(=O)c1ccc(OCc2ccncc2)cc1)C1CC1. The first-order valence-corrected chi connectivity index (χ1v) is 7.88. The summed E-state index contributed by atoms with van der Waals surface area (Å²) in [4.78, 5) is 16.0.